The van der Waals surface area contributed by atoms with Crippen molar-refractivity contribution in [1.82, 2.24) is 10.2 Å². The van der Waals surface area contributed by atoms with Crippen LogP contribution in [0.5, 0.6) is 0 Å². The van der Waals surface area contributed by atoms with Crippen LogP contribution < -0.4 is 11.1 Å². The summed E-state index contributed by atoms with van der Waals surface area (Å²) in [5.74, 6) is -2.33. The number of halogens is 3. The van der Waals surface area contributed by atoms with Crippen molar-refractivity contribution in [1.29, 1.82) is 0 Å². The SMILES string of the molecule is CCN(Cc1c(F)cccc1F)C(=O)CNC(=O)[C@@H](N)C(C)C.Cl. The van der Waals surface area contributed by atoms with Crippen LogP contribution in [0.15, 0.2) is 18.2 Å². The molecule has 0 unspecified atom stereocenters. The van der Waals surface area contributed by atoms with E-state index in [0.717, 1.165) is 12.1 Å². The van der Waals surface area contributed by atoms with Crippen LogP contribution in [0, 0.1) is 17.6 Å². The third-order valence-electron chi connectivity index (χ3n) is 3.58. The zero-order valence-corrected chi connectivity index (χ0v) is 14.8. The number of amides is 2. The van der Waals surface area contributed by atoms with E-state index in [2.05, 4.69) is 5.32 Å². The van der Waals surface area contributed by atoms with E-state index in [0.29, 0.717) is 0 Å². The number of nitrogens with one attached hydrogen (secondary N) is 1. The summed E-state index contributed by atoms with van der Waals surface area (Å²) in [6.45, 7) is 5.09. The molecular formula is C16H24ClF2N3O2. The lowest BCUT2D eigenvalue weighted by molar-refractivity contribution is -0.133. The van der Waals surface area contributed by atoms with Gasteiger partial charge in [-0.3, -0.25) is 9.59 Å². The van der Waals surface area contributed by atoms with E-state index in [1.165, 1.54) is 11.0 Å². The van der Waals surface area contributed by atoms with Crippen LogP contribution in [0.1, 0.15) is 26.3 Å². The van der Waals surface area contributed by atoms with Gasteiger partial charge in [-0.2, -0.15) is 0 Å². The van der Waals surface area contributed by atoms with Crippen LogP contribution in [0.25, 0.3) is 0 Å². The molecule has 0 heterocycles. The summed E-state index contributed by atoms with van der Waals surface area (Å²) in [4.78, 5) is 25.1. The van der Waals surface area contributed by atoms with E-state index in [9.17, 15) is 18.4 Å². The van der Waals surface area contributed by atoms with Crippen molar-refractivity contribution in [2.75, 3.05) is 13.1 Å². The highest BCUT2D eigenvalue weighted by atomic mass is 35.5. The Labute approximate surface area is 147 Å². The average Bonchev–Trinajstić information content (AvgIpc) is 2.51. The molecule has 0 bridgehead atoms. The van der Waals surface area contributed by atoms with E-state index in [1.54, 1.807) is 20.8 Å². The molecule has 136 valence electrons. The van der Waals surface area contributed by atoms with Crippen LogP contribution >= 0.6 is 12.4 Å². The lowest BCUT2D eigenvalue weighted by Crippen LogP contribution is -2.47. The maximum atomic E-state index is 13.7. The molecule has 2 amide bonds. The first kappa shape index (κ1) is 22.3. The Kier molecular flexibility index (Phi) is 9.47. The second-order valence-corrected chi connectivity index (χ2v) is 5.60. The predicted molar refractivity (Wildman–Crippen MR) is 90.5 cm³/mol. The van der Waals surface area contributed by atoms with Crippen LogP contribution in [0.2, 0.25) is 0 Å². The summed E-state index contributed by atoms with van der Waals surface area (Å²) in [5.41, 5.74) is 5.51. The van der Waals surface area contributed by atoms with Gasteiger partial charge in [-0.15, -0.1) is 12.4 Å². The highest BCUT2D eigenvalue weighted by Gasteiger charge is 2.20. The number of nitrogens with two attached hydrogens (primary N) is 1. The Hall–Kier alpha value is -1.73. The Morgan fingerprint density at radius 1 is 1.25 bits per heavy atom. The molecule has 0 radical (unpaired) electrons. The maximum absolute atomic E-state index is 13.7. The van der Waals surface area contributed by atoms with Crippen molar-refractivity contribution in [3.63, 3.8) is 0 Å². The zero-order valence-electron chi connectivity index (χ0n) is 14.0. The monoisotopic (exact) mass is 363 g/mol. The van der Waals surface area contributed by atoms with Crippen LogP contribution in [-0.2, 0) is 16.1 Å². The van der Waals surface area contributed by atoms with Gasteiger partial charge in [0.05, 0.1) is 19.1 Å². The van der Waals surface area contributed by atoms with Gasteiger partial charge in [-0.25, -0.2) is 8.78 Å². The molecule has 1 atom stereocenters. The third-order valence-corrected chi connectivity index (χ3v) is 3.58. The number of hydrogen-bond acceptors (Lipinski definition) is 3. The highest BCUT2D eigenvalue weighted by Crippen LogP contribution is 2.14. The van der Waals surface area contributed by atoms with Gasteiger partial charge in [0.2, 0.25) is 11.8 Å². The van der Waals surface area contributed by atoms with Crippen molar-refractivity contribution >= 4 is 24.2 Å². The van der Waals surface area contributed by atoms with Crippen molar-refractivity contribution < 1.29 is 18.4 Å². The first-order chi connectivity index (χ1) is 10.8. The summed E-state index contributed by atoms with van der Waals surface area (Å²) in [5, 5.41) is 2.45. The second kappa shape index (κ2) is 10.2. The van der Waals surface area contributed by atoms with E-state index in [4.69, 9.17) is 5.73 Å². The van der Waals surface area contributed by atoms with Gasteiger partial charge in [0.25, 0.3) is 0 Å². The van der Waals surface area contributed by atoms with Gasteiger partial charge in [0.1, 0.15) is 11.6 Å². The number of hydrogen-bond donors (Lipinski definition) is 2. The fourth-order valence-electron chi connectivity index (χ4n) is 1.95. The molecule has 0 aromatic heterocycles. The number of nitrogens with zero attached hydrogens (tertiary/aromatic N) is 1. The molecule has 0 aliphatic carbocycles. The lowest BCUT2D eigenvalue weighted by Gasteiger charge is -2.22. The summed E-state index contributed by atoms with van der Waals surface area (Å²) in [6, 6.07) is 2.84. The molecule has 0 spiro atoms. The minimum atomic E-state index is -0.707. The number of carbonyl (C=O) groups excluding carboxylic acids is 2. The Morgan fingerprint density at radius 3 is 2.25 bits per heavy atom. The molecule has 0 saturated carbocycles. The van der Waals surface area contributed by atoms with Crippen molar-refractivity contribution in [2.24, 2.45) is 11.7 Å². The molecule has 5 nitrogen and oxygen atoms in total. The maximum Gasteiger partial charge on any atom is 0.242 e. The normalized spacial score (nSPS) is 11.6. The zero-order chi connectivity index (χ0) is 17.6. The molecule has 1 aromatic carbocycles. The number of likely N-dealkylation sites (N-methyl/N-ethyl adjacent to an activating group) is 1. The van der Waals surface area contributed by atoms with Gasteiger partial charge in [-0.1, -0.05) is 19.9 Å². The van der Waals surface area contributed by atoms with Crippen molar-refractivity contribution in [2.45, 2.75) is 33.4 Å². The van der Waals surface area contributed by atoms with Crippen LogP contribution in [0.3, 0.4) is 0 Å². The van der Waals surface area contributed by atoms with E-state index >= 15 is 0 Å². The van der Waals surface area contributed by atoms with Crippen molar-refractivity contribution in [3.05, 3.63) is 35.4 Å². The quantitative estimate of drug-likeness (QED) is 0.776. The standard InChI is InChI=1S/C16H23F2N3O2.ClH/c1-4-21(9-11-12(17)6-5-7-13(11)18)14(22)8-20-16(23)15(19)10(2)3;/h5-7,10,15H,4,8-9,19H2,1-3H3,(H,20,23);1H/t15-;/m0./s1. The topological polar surface area (TPSA) is 75.4 Å². The minimum Gasteiger partial charge on any atom is -0.346 e. The summed E-state index contributed by atoms with van der Waals surface area (Å²) in [7, 11) is 0. The van der Waals surface area contributed by atoms with E-state index in [1.807, 2.05) is 0 Å². The molecule has 1 rings (SSSR count). The van der Waals surface area contributed by atoms with Crippen LogP contribution in [0.4, 0.5) is 8.78 Å². The van der Waals surface area contributed by atoms with Crippen LogP contribution in [-0.4, -0.2) is 35.8 Å². The number of carbonyl (C=O) groups is 2. The van der Waals surface area contributed by atoms with E-state index in [-0.39, 0.29) is 43.5 Å². The smallest absolute Gasteiger partial charge is 0.242 e. The van der Waals surface area contributed by atoms with Gasteiger partial charge in [-0.05, 0) is 25.0 Å². The largest absolute Gasteiger partial charge is 0.346 e. The molecule has 0 fully saturated rings. The predicted octanol–water partition coefficient (Wildman–Crippen LogP) is 1.83. The molecule has 1 aromatic rings. The number of rotatable bonds is 7. The van der Waals surface area contributed by atoms with Crippen molar-refractivity contribution in [3.8, 4) is 0 Å². The second-order valence-electron chi connectivity index (χ2n) is 5.60. The molecule has 3 N–H and O–H groups in total. The van der Waals surface area contributed by atoms with Gasteiger partial charge in [0, 0.05) is 12.1 Å². The van der Waals surface area contributed by atoms with Gasteiger partial charge >= 0.3 is 0 Å². The summed E-state index contributed by atoms with van der Waals surface area (Å²) in [6.07, 6.45) is 0. The molecule has 8 heteroatoms. The Bertz CT molecular complexity index is 550. The average molecular weight is 364 g/mol. The minimum absolute atomic E-state index is 0. The fraction of sp³-hybridized carbons (Fsp3) is 0.500. The summed E-state index contributed by atoms with van der Waals surface area (Å²) < 4.78 is 27.3. The Morgan fingerprint density at radius 2 is 1.79 bits per heavy atom. The summed E-state index contributed by atoms with van der Waals surface area (Å²) >= 11 is 0. The fourth-order valence-corrected chi connectivity index (χ4v) is 1.95. The van der Waals surface area contributed by atoms with Gasteiger partial charge in [0.15, 0.2) is 0 Å². The van der Waals surface area contributed by atoms with E-state index < -0.39 is 29.5 Å². The lowest BCUT2D eigenvalue weighted by atomic mass is 10.1. The third kappa shape index (κ3) is 6.05. The molecule has 0 aliphatic rings. The first-order valence-corrected chi connectivity index (χ1v) is 7.51. The highest BCUT2D eigenvalue weighted by molar-refractivity contribution is 5.87. The number of benzene rings is 1. The Balaban J connectivity index is 0.00000529. The molecule has 0 saturated heterocycles. The molecular weight excluding hydrogens is 340 g/mol. The first-order valence-electron chi connectivity index (χ1n) is 7.51. The molecule has 0 aliphatic heterocycles. The van der Waals surface area contributed by atoms with Gasteiger partial charge < -0.3 is 16.0 Å². The molecule has 24 heavy (non-hydrogen) atoms.